The first-order chi connectivity index (χ1) is 11.2. The molecule has 1 saturated heterocycles. The monoisotopic (exact) mass is 314 g/mol. The van der Waals surface area contributed by atoms with Gasteiger partial charge in [-0.2, -0.15) is 0 Å². The van der Waals surface area contributed by atoms with Gasteiger partial charge in [-0.05, 0) is 25.0 Å². The number of nitrogens with one attached hydrogen (secondary N) is 1. The molecule has 3 rings (SSSR count). The van der Waals surface area contributed by atoms with E-state index in [9.17, 15) is 4.79 Å². The van der Waals surface area contributed by atoms with Gasteiger partial charge in [-0.1, -0.05) is 30.3 Å². The van der Waals surface area contributed by atoms with Crippen molar-refractivity contribution in [3.8, 4) is 0 Å². The fourth-order valence-corrected chi connectivity index (χ4v) is 2.88. The first-order valence-electron chi connectivity index (χ1n) is 7.99. The molecule has 0 saturated carbocycles. The summed E-state index contributed by atoms with van der Waals surface area (Å²) >= 11 is 0. The Balaban J connectivity index is 1.58. The third kappa shape index (κ3) is 3.47. The summed E-state index contributed by atoms with van der Waals surface area (Å²) < 4.78 is 4.96. The summed E-state index contributed by atoms with van der Waals surface area (Å²) in [6, 6.07) is 10.1. The van der Waals surface area contributed by atoms with Gasteiger partial charge in [-0.15, -0.1) is 0 Å². The van der Waals surface area contributed by atoms with E-state index < -0.39 is 0 Å². The zero-order valence-electron chi connectivity index (χ0n) is 13.6. The molecule has 6 heteroatoms. The second kappa shape index (κ2) is 6.73. The zero-order valence-corrected chi connectivity index (χ0v) is 13.6. The number of amides is 2. The number of carbonyl (C=O) groups excluding carboxylic acids is 1. The number of aryl methyl sites for hydroxylation is 2. The molecular formula is C17H22N4O2. The largest absolute Gasteiger partial charge is 0.368 e. The Bertz CT molecular complexity index is 675. The molecule has 1 N–H and O–H groups in total. The average molecular weight is 314 g/mol. The summed E-state index contributed by atoms with van der Waals surface area (Å²) in [5.74, 6) is 1.15. The normalized spacial score (nSPS) is 14.9. The summed E-state index contributed by atoms with van der Waals surface area (Å²) in [6.07, 6.45) is 1.02. The van der Waals surface area contributed by atoms with Crippen LogP contribution >= 0.6 is 0 Å². The van der Waals surface area contributed by atoms with Crippen LogP contribution in [0, 0.1) is 6.92 Å². The number of rotatable bonds is 3. The molecular weight excluding hydrogens is 292 g/mol. The number of carbonyl (C=O) groups is 1. The maximum absolute atomic E-state index is 12.3. The molecule has 1 aromatic heterocycles. The van der Waals surface area contributed by atoms with Crippen molar-refractivity contribution in [2.24, 2.45) is 0 Å². The zero-order chi connectivity index (χ0) is 16.2. The van der Waals surface area contributed by atoms with Crippen LogP contribution in [0.5, 0.6) is 0 Å². The summed E-state index contributed by atoms with van der Waals surface area (Å²) in [5.41, 5.74) is 2.63. The molecule has 0 aliphatic carbocycles. The van der Waals surface area contributed by atoms with Crippen molar-refractivity contribution in [1.82, 2.24) is 10.1 Å². The van der Waals surface area contributed by atoms with Crippen LogP contribution in [-0.2, 0) is 6.42 Å². The summed E-state index contributed by atoms with van der Waals surface area (Å²) in [5, 5.41) is 6.56. The van der Waals surface area contributed by atoms with Gasteiger partial charge in [-0.25, -0.2) is 4.79 Å². The summed E-state index contributed by atoms with van der Waals surface area (Å²) in [6.45, 7) is 7.03. The third-order valence-electron chi connectivity index (χ3n) is 4.14. The first-order valence-corrected chi connectivity index (χ1v) is 7.99. The number of benzene rings is 1. The predicted molar refractivity (Wildman–Crippen MR) is 89.9 cm³/mol. The van der Waals surface area contributed by atoms with E-state index in [-0.39, 0.29) is 6.03 Å². The van der Waals surface area contributed by atoms with E-state index in [4.69, 9.17) is 4.52 Å². The van der Waals surface area contributed by atoms with Crippen molar-refractivity contribution in [3.05, 3.63) is 41.7 Å². The summed E-state index contributed by atoms with van der Waals surface area (Å²) in [7, 11) is 0. The smallest absolute Gasteiger partial charge is 0.323 e. The molecule has 0 atom stereocenters. The maximum atomic E-state index is 12.3. The molecule has 1 fully saturated rings. The minimum atomic E-state index is -0.123. The number of aromatic nitrogens is 1. The van der Waals surface area contributed by atoms with Crippen LogP contribution in [0.2, 0.25) is 0 Å². The van der Waals surface area contributed by atoms with Crippen LogP contribution in [0.1, 0.15) is 18.2 Å². The topological polar surface area (TPSA) is 61.6 Å². The number of hydrogen-bond acceptors (Lipinski definition) is 4. The lowest BCUT2D eigenvalue weighted by molar-refractivity contribution is 0.208. The average Bonchev–Trinajstić information content (AvgIpc) is 3.00. The van der Waals surface area contributed by atoms with Crippen molar-refractivity contribution in [3.63, 3.8) is 0 Å². The Morgan fingerprint density at radius 2 is 2.00 bits per heavy atom. The lowest BCUT2D eigenvalue weighted by atomic mass is 10.1. The molecule has 0 bridgehead atoms. The minimum Gasteiger partial charge on any atom is -0.368 e. The van der Waals surface area contributed by atoms with Crippen LogP contribution in [0.4, 0.5) is 16.3 Å². The Hall–Kier alpha value is -2.50. The number of piperazine rings is 1. The van der Waals surface area contributed by atoms with E-state index in [2.05, 4.69) is 46.6 Å². The molecule has 0 radical (unpaired) electrons. The van der Waals surface area contributed by atoms with Crippen LogP contribution in [-0.4, -0.2) is 42.3 Å². The standard InChI is InChI=1S/C17H22N4O2/c1-3-14-6-4-5-7-15(14)20-8-10-21(11-9-20)17(22)18-16-12-13(2)23-19-16/h4-7,12H,3,8-11H2,1-2H3,(H,18,19,22). The van der Waals surface area contributed by atoms with Crippen LogP contribution in [0.3, 0.4) is 0 Å². The predicted octanol–water partition coefficient (Wildman–Crippen LogP) is 2.90. The molecule has 1 aliphatic rings. The highest BCUT2D eigenvalue weighted by atomic mass is 16.5. The van der Waals surface area contributed by atoms with Crippen molar-refractivity contribution in [2.45, 2.75) is 20.3 Å². The third-order valence-corrected chi connectivity index (χ3v) is 4.14. The molecule has 2 amide bonds. The quantitative estimate of drug-likeness (QED) is 0.946. The highest BCUT2D eigenvalue weighted by molar-refractivity contribution is 5.88. The van der Waals surface area contributed by atoms with Gasteiger partial charge >= 0.3 is 6.03 Å². The van der Waals surface area contributed by atoms with Crippen molar-refractivity contribution >= 4 is 17.5 Å². The Labute approximate surface area is 136 Å². The van der Waals surface area contributed by atoms with E-state index >= 15 is 0 Å². The lowest BCUT2D eigenvalue weighted by Crippen LogP contribution is -2.50. The second-order valence-corrected chi connectivity index (χ2v) is 5.71. The van der Waals surface area contributed by atoms with Gasteiger partial charge in [0.1, 0.15) is 5.76 Å². The molecule has 0 unspecified atom stereocenters. The molecule has 23 heavy (non-hydrogen) atoms. The molecule has 2 heterocycles. The van der Waals surface area contributed by atoms with Gasteiger partial charge in [-0.3, -0.25) is 5.32 Å². The maximum Gasteiger partial charge on any atom is 0.323 e. The first kappa shape index (κ1) is 15.4. The van der Waals surface area contributed by atoms with E-state index in [1.807, 2.05) is 4.90 Å². The van der Waals surface area contributed by atoms with Crippen LogP contribution in [0.25, 0.3) is 0 Å². The van der Waals surface area contributed by atoms with Gasteiger partial charge in [0.2, 0.25) is 0 Å². The SMILES string of the molecule is CCc1ccccc1N1CCN(C(=O)Nc2cc(C)on2)CC1. The van der Waals surface area contributed by atoms with Crippen molar-refractivity contribution in [1.29, 1.82) is 0 Å². The number of anilines is 2. The minimum absolute atomic E-state index is 0.123. The number of nitrogens with zero attached hydrogens (tertiary/aromatic N) is 3. The molecule has 1 aliphatic heterocycles. The molecule has 122 valence electrons. The Kier molecular flexibility index (Phi) is 4.50. The second-order valence-electron chi connectivity index (χ2n) is 5.71. The van der Waals surface area contributed by atoms with Gasteiger partial charge in [0.25, 0.3) is 0 Å². The molecule has 2 aromatic rings. The fourth-order valence-electron chi connectivity index (χ4n) is 2.88. The van der Waals surface area contributed by atoms with Gasteiger partial charge < -0.3 is 14.3 Å². The van der Waals surface area contributed by atoms with E-state index in [1.165, 1.54) is 11.3 Å². The number of hydrogen-bond donors (Lipinski definition) is 1. The number of para-hydroxylation sites is 1. The van der Waals surface area contributed by atoms with Gasteiger partial charge in [0, 0.05) is 37.9 Å². The molecule has 1 aromatic carbocycles. The van der Waals surface area contributed by atoms with Crippen molar-refractivity contribution < 1.29 is 9.32 Å². The Morgan fingerprint density at radius 3 is 2.65 bits per heavy atom. The highest BCUT2D eigenvalue weighted by Crippen LogP contribution is 2.22. The van der Waals surface area contributed by atoms with Crippen LogP contribution in [0.15, 0.2) is 34.9 Å². The van der Waals surface area contributed by atoms with E-state index in [1.54, 1.807) is 13.0 Å². The summed E-state index contributed by atoms with van der Waals surface area (Å²) in [4.78, 5) is 16.4. The van der Waals surface area contributed by atoms with Crippen LogP contribution < -0.4 is 10.2 Å². The van der Waals surface area contributed by atoms with E-state index in [0.717, 1.165) is 19.5 Å². The van der Waals surface area contributed by atoms with Gasteiger partial charge in [0.05, 0.1) is 0 Å². The van der Waals surface area contributed by atoms with E-state index in [0.29, 0.717) is 24.7 Å². The Morgan fingerprint density at radius 1 is 1.26 bits per heavy atom. The number of urea groups is 1. The molecule has 0 spiro atoms. The molecule has 6 nitrogen and oxygen atoms in total. The van der Waals surface area contributed by atoms with Gasteiger partial charge in [0.15, 0.2) is 5.82 Å². The fraction of sp³-hybridized carbons (Fsp3) is 0.412. The highest BCUT2D eigenvalue weighted by Gasteiger charge is 2.22. The lowest BCUT2D eigenvalue weighted by Gasteiger charge is -2.36. The van der Waals surface area contributed by atoms with Crippen molar-refractivity contribution in [2.75, 3.05) is 36.4 Å².